The number of methoxy groups -OCH3 is 1. The SMILES string of the molecule is COc1ccc2nc(/C=C/c3ccc(Cl)cc3)nc(NCCCCCCN=C(N)N)c2c1. The molecule has 3 aromatic rings. The number of unbranched alkanes of at least 4 members (excludes halogenated alkanes) is 3. The molecule has 7 nitrogen and oxygen atoms in total. The van der Waals surface area contributed by atoms with Crippen LogP contribution in [0.25, 0.3) is 23.1 Å². The van der Waals surface area contributed by atoms with Crippen LogP contribution < -0.4 is 21.5 Å². The van der Waals surface area contributed by atoms with Crippen molar-refractivity contribution in [3.63, 3.8) is 0 Å². The quantitative estimate of drug-likeness (QED) is 0.221. The van der Waals surface area contributed by atoms with Crippen LogP contribution in [0.2, 0.25) is 5.02 Å². The fourth-order valence-electron chi connectivity index (χ4n) is 3.21. The Bertz CT molecular complexity index is 1080. The van der Waals surface area contributed by atoms with E-state index in [2.05, 4.69) is 15.3 Å². The second kappa shape index (κ2) is 11.9. The summed E-state index contributed by atoms with van der Waals surface area (Å²) in [5, 5.41) is 5.11. The molecule has 0 fully saturated rings. The molecule has 32 heavy (non-hydrogen) atoms. The Morgan fingerprint density at radius 2 is 1.81 bits per heavy atom. The molecular formula is C24H29ClN6O. The van der Waals surface area contributed by atoms with Gasteiger partial charge >= 0.3 is 0 Å². The lowest BCUT2D eigenvalue weighted by Gasteiger charge is -2.11. The molecule has 0 atom stereocenters. The first-order chi connectivity index (χ1) is 15.5. The smallest absolute Gasteiger partial charge is 0.185 e. The maximum Gasteiger partial charge on any atom is 0.185 e. The van der Waals surface area contributed by atoms with Crippen LogP contribution in [-0.4, -0.2) is 36.1 Å². The predicted octanol–water partition coefficient (Wildman–Crippen LogP) is 4.71. The van der Waals surface area contributed by atoms with Gasteiger partial charge in [-0.3, -0.25) is 4.99 Å². The summed E-state index contributed by atoms with van der Waals surface area (Å²) in [6, 6.07) is 13.4. The number of aliphatic imine (C=N–C) groups is 1. The highest BCUT2D eigenvalue weighted by molar-refractivity contribution is 6.30. The Labute approximate surface area is 193 Å². The Balaban J connectivity index is 1.69. The minimum absolute atomic E-state index is 0.152. The van der Waals surface area contributed by atoms with Crippen LogP contribution >= 0.6 is 11.6 Å². The maximum atomic E-state index is 5.97. The molecule has 5 N–H and O–H groups in total. The summed E-state index contributed by atoms with van der Waals surface area (Å²) in [4.78, 5) is 13.4. The third-order valence-corrected chi connectivity index (χ3v) is 5.14. The predicted molar refractivity (Wildman–Crippen MR) is 134 cm³/mol. The van der Waals surface area contributed by atoms with E-state index in [1.54, 1.807) is 7.11 Å². The first-order valence-electron chi connectivity index (χ1n) is 10.6. The molecule has 0 saturated heterocycles. The zero-order valence-corrected chi connectivity index (χ0v) is 19.0. The van der Waals surface area contributed by atoms with Crippen molar-refractivity contribution in [3.05, 3.63) is 58.9 Å². The van der Waals surface area contributed by atoms with E-state index in [0.717, 1.165) is 60.3 Å². The van der Waals surface area contributed by atoms with E-state index in [4.69, 9.17) is 32.8 Å². The third-order valence-electron chi connectivity index (χ3n) is 4.89. The number of anilines is 1. The minimum Gasteiger partial charge on any atom is -0.497 e. The van der Waals surface area contributed by atoms with Gasteiger partial charge in [-0.15, -0.1) is 0 Å². The van der Waals surface area contributed by atoms with E-state index in [0.29, 0.717) is 17.4 Å². The molecule has 0 unspecified atom stereocenters. The van der Waals surface area contributed by atoms with Gasteiger partial charge in [-0.05, 0) is 54.8 Å². The maximum absolute atomic E-state index is 5.97. The van der Waals surface area contributed by atoms with Crippen molar-refractivity contribution < 1.29 is 4.74 Å². The van der Waals surface area contributed by atoms with E-state index in [-0.39, 0.29) is 5.96 Å². The average Bonchev–Trinajstić information content (AvgIpc) is 2.79. The van der Waals surface area contributed by atoms with Gasteiger partial charge < -0.3 is 21.5 Å². The van der Waals surface area contributed by atoms with Crippen LogP contribution in [0.5, 0.6) is 5.75 Å². The average molecular weight is 453 g/mol. The molecule has 2 aromatic carbocycles. The van der Waals surface area contributed by atoms with E-state index in [9.17, 15) is 0 Å². The van der Waals surface area contributed by atoms with Crippen molar-refractivity contribution in [2.24, 2.45) is 16.5 Å². The van der Waals surface area contributed by atoms with Gasteiger partial charge in [0.2, 0.25) is 0 Å². The fourth-order valence-corrected chi connectivity index (χ4v) is 3.34. The lowest BCUT2D eigenvalue weighted by molar-refractivity contribution is 0.415. The zero-order chi connectivity index (χ0) is 22.8. The van der Waals surface area contributed by atoms with Crippen molar-refractivity contribution in [3.8, 4) is 5.75 Å². The van der Waals surface area contributed by atoms with E-state index in [1.165, 1.54) is 0 Å². The largest absolute Gasteiger partial charge is 0.497 e. The van der Waals surface area contributed by atoms with Gasteiger partial charge in [-0.2, -0.15) is 0 Å². The number of benzene rings is 2. The van der Waals surface area contributed by atoms with Gasteiger partial charge in [0.25, 0.3) is 0 Å². The number of halogens is 1. The molecule has 1 aromatic heterocycles. The fraction of sp³-hybridized carbons (Fsp3) is 0.292. The van der Waals surface area contributed by atoms with Crippen molar-refractivity contribution >= 4 is 46.4 Å². The van der Waals surface area contributed by atoms with Gasteiger partial charge in [0, 0.05) is 23.5 Å². The Hall–Kier alpha value is -3.32. The molecule has 168 valence electrons. The monoisotopic (exact) mass is 452 g/mol. The highest BCUT2D eigenvalue weighted by Gasteiger charge is 2.08. The van der Waals surface area contributed by atoms with Gasteiger partial charge in [-0.25, -0.2) is 9.97 Å². The van der Waals surface area contributed by atoms with Crippen molar-refractivity contribution in [2.75, 3.05) is 25.5 Å². The highest BCUT2D eigenvalue weighted by Crippen LogP contribution is 2.26. The number of hydrogen-bond acceptors (Lipinski definition) is 5. The highest BCUT2D eigenvalue weighted by atomic mass is 35.5. The molecule has 0 saturated carbocycles. The van der Waals surface area contributed by atoms with Crippen LogP contribution in [0, 0.1) is 0 Å². The summed E-state index contributed by atoms with van der Waals surface area (Å²) < 4.78 is 5.38. The Morgan fingerprint density at radius 1 is 1.03 bits per heavy atom. The van der Waals surface area contributed by atoms with Gasteiger partial charge in [0.05, 0.1) is 12.6 Å². The van der Waals surface area contributed by atoms with Gasteiger partial charge in [0.15, 0.2) is 11.8 Å². The number of rotatable bonds is 11. The number of nitrogens with two attached hydrogens (primary N) is 2. The molecule has 8 heteroatoms. The van der Waals surface area contributed by atoms with Crippen molar-refractivity contribution in [1.82, 2.24) is 9.97 Å². The first kappa shape index (κ1) is 23.3. The standard InChI is InChI=1S/C24H29ClN6O/c1-32-19-11-12-21-20(16-19)23(28-14-4-2-3-5-15-29-24(26)27)31-22(30-21)13-8-17-6-9-18(25)10-7-17/h6-13,16H,2-5,14-15H2,1H3,(H4,26,27,29)(H,28,30,31)/b13-8+. The second-order valence-corrected chi connectivity index (χ2v) is 7.78. The summed E-state index contributed by atoms with van der Waals surface area (Å²) >= 11 is 5.97. The topological polar surface area (TPSA) is 111 Å². The molecule has 1 heterocycles. The van der Waals surface area contributed by atoms with Crippen molar-refractivity contribution in [1.29, 1.82) is 0 Å². The minimum atomic E-state index is 0.152. The van der Waals surface area contributed by atoms with Crippen LogP contribution in [0.3, 0.4) is 0 Å². The number of aromatic nitrogens is 2. The number of nitrogens with one attached hydrogen (secondary N) is 1. The molecule has 0 bridgehead atoms. The molecule has 0 aliphatic heterocycles. The van der Waals surface area contributed by atoms with Crippen LogP contribution in [0.1, 0.15) is 37.1 Å². The zero-order valence-electron chi connectivity index (χ0n) is 18.2. The van der Waals surface area contributed by atoms with Crippen LogP contribution in [0.4, 0.5) is 5.82 Å². The van der Waals surface area contributed by atoms with Crippen LogP contribution in [-0.2, 0) is 0 Å². The Kier molecular flexibility index (Phi) is 8.69. The number of hydrogen-bond donors (Lipinski definition) is 3. The van der Waals surface area contributed by atoms with E-state index < -0.39 is 0 Å². The Morgan fingerprint density at radius 3 is 2.56 bits per heavy atom. The number of ether oxygens (including phenoxy) is 1. The van der Waals surface area contributed by atoms with Gasteiger partial charge in [0.1, 0.15) is 11.6 Å². The molecule has 0 amide bonds. The molecule has 0 aliphatic rings. The lowest BCUT2D eigenvalue weighted by Crippen LogP contribution is -2.22. The number of nitrogens with zero attached hydrogens (tertiary/aromatic N) is 3. The lowest BCUT2D eigenvalue weighted by atomic mass is 10.2. The summed E-state index contributed by atoms with van der Waals surface area (Å²) in [7, 11) is 1.65. The number of fused-ring (bicyclic) bond motifs is 1. The summed E-state index contributed by atoms with van der Waals surface area (Å²) in [5.74, 6) is 2.36. The molecule has 0 aliphatic carbocycles. The molecular weight excluding hydrogens is 424 g/mol. The second-order valence-electron chi connectivity index (χ2n) is 7.35. The van der Waals surface area contributed by atoms with Crippen molar-refractivity contribution in [2.45, 2.75) is 25.7 Å². The third kappa shape index (κ3) is 7.13. The molecule has 0 spiro atoms. The summed E-state index contributed by atoms with van der Waals surface area (Å²) in [6.45, 7) is 1.49. The van der Waals surface area contributed by atoms with E-state index in [1.807, 2.05) is 54.6 Å². The first-order valence-corrected chi connectivity index (χ1v) is 11.0. The van der Waals surface area contributed by atoms with E-state index >= 15 is 0 Å². The van der Waals surface area contributed by atoms with Gasteiger partial charge in [-0.1, -0.05) is 42.7 Å². The normalized spacial score (nSPS) is 11.1. The number of guanidine groups is 1. The van der Waals surface area contributed by atoms with Crippen LogP contribution in [0.15, 0.2) is 47.5 Å². The summed E-state index contributed by atoms with van der Waals surface area (Å²) in [5.41, 5.74) is 12.6. The molecule has 0 radical (unpaired) electrons. The molecule has 3 rings (SSSR count). The summed E-state index contributed by atoms with van der Waals surface area (Å²) in [6.07, 6.45) is 8.04.